The summed E-state index contributed by atoms with van der Waals surface area (Å²) >= 11 is 0. The fourth-order valence-electron chi connectivity index (χ4n) is 1.99. The van der Waals surface area contributed by atoms with Crippen LogP contribution < -0.4 is 0 Å². The van der Waals surface area contributed by atoms with Gasteiger partial charge in [0.25, 0.3) is 0 Å². The van der Waals surface area contributed by atoms with Gasteiger partial charge in [-0.1, -0.05) is 0 Å². The monoisotopic (exact) mass is 180 g/mol. The van der Waals surface area contributed by atoms with Crippen LogP contribution >= 0.6 is 0 Å². The second-order valence-electron chi connectivity index (χ2n) is 3.50. The number of aryl methyl sites for hydroxylation is 1. The summed E-state index contributed by atoms with van der Waals surface area (Å²) in [5.74, 6) is 0.249. The summed E-state index contributed by atoms with van der Waals surface area (Å²) in [5.41, 5.74) is 1.19. The first-order valence-corrected chi connectivity index (χ1v) is 4.55. The molecule has 1 N–H and O–H groups in total. The van der Waals surface area contributed by atoms with Crippen molar-refractivity contribution in [2.45, 2.75) is 31.6 Å². The van der Waals surface area contributed by atoms with Gasteiger partial charge in [-0.2, -0.15) is 0 Å². The van der Waals surface area contributed by atoms with Crippen molar-refractivity contribution < 1.29 is 14.3 Å². The van der Waals surface area contributed by atoms with Crippen molar-refractivity contribution in [1.29, 1.82) is 0 Å². The van der Waals surface area contributed by atoms with Gasteiger partial charge in [0.1, 0.15) is 5.76 Å². The molecule has 3 nitrogen and oxygen atoms in total. The van der Waals surface area contributed by atoms with Gasteiger partial charge in [0.15, 0.2) is 0 Å². The quantitative estimate of drug-likeness (QED) is 0.758. The SMILES string of the molecule is O=C(O)CC1CCCc2ccoc21. The molecule has 13 heavy (non-hydrogen) atoms. The summed E-state index contributed by atoms with van der Waals surface area (Å²) in [6.45, 7) is 0. The highest BCUT2D eigenvalue weighted by molar-refractivity contribution is 5.68. The topological polar surface area (TPSA) is 50.4 Å². The average molecular weight is 180 g/mol. The lowest BCUT2D eigenvalue weighted by molar-refractivity contribution is -0.137. The third-order valence-corrected chi connectivity index (χ3v) is 2.57. The molecule has 0 aliphatic heterocycles. The fraction of sp³-hybridized carbons (Fsp3) is 0.500. The molecule has 3 heteroatoms. The maximum Gasteiger partial charge on any atom is 0.304 e. The van der Waals surface area contributed by atoms with Crippen LogP contribution in [0.5, 0.6) is 0 Å². The van der Waals surface area contributed by atoms with Crippen LogP contribution in [0.1, 0.15) is 36.5 Å². The summed E-state index contributed by atoms with van der Waals surface area (Å²) in [5, 5.41) is 8.69. The molecule has 0 amide bonds. The number of hydrogen-bond donors (Lipinski definition) is 1. The van der Waals surface area contributed by atoms with Crippen molar-refractivity contribution in [1.82, 2.24) is 0 Å². The van der Waals surface area contributed by atoms with Gasteiger partial charge < -0.3 is 9.52 Å². The van der Waals surface area contributed by atoms with Gasteiger partial charge in [0, 0.05) is 5.92 Å². The fourth-order valence-corrected chi connectivity index (χ4v) is 1.99. The molecular formula is C10H12O3. The Morgan fingerprint density at radius 1 is 1.69 bits per heavy atom. The molecule has 0 aromatic carbocycles. The molecule has 0 saturated heterocycles. The number of carbonyl (C=O) groups is 1. The highest BCUT2D eigenvalue weighted by atomic mass is 16.4. The lowest BCUT2D eigenvalue weighted by atomic mass is 9.86. The Labute approximate surface area is 76.4 Å². The number of carboxylic acid groups (broad SMARTS) is 1. The molecule has 0 spiro atoms. The predicted octanol–water partition coefficient (Wildman–Crippen LogP) is 2.17. The number of furan rings is 1. The zero-order valence-corrected chi connectivity index (χ0v) is 7.32. The molecule has 1 aromatic heterocycles. The Bertz CT molecular complexity index is 314. The molecule has 0 radical (unpaired) electrons. The lowest BCUT2D eigenvalue weighted by Crippen LogP contribution is -2.11. The minimum absolute atomic E-state index is 0.0937. The van der Waals surface area contributed by atoms with Crippen molar-refractivity contribution in [3.8, 4) is 0 Å². The highest BCUT2D eigenvalue weighted by Gasteiger charge is 2.24. The average Bonchev–Trinajstić information content (AvgIpc) is 2.51. The van der Waals surface area contributed by atoms with Crippen LogP contribution in [0, 0.1) is 0 Å². The van der Waals surface area contributed by atoms with Gasteiger partial charge in [0.05, 0.1) is 12.7 Å². The van der Waals surface area contributed by atoms with Crippen LogP contribution in [0.15, 0.2) is 16.7 Å². The zero-order valence-electron chi connectivity index (χ0n) is 7.32. The van der Waals surface area contributed by atoms with Gasteiger partial charge in [0.2, 0.25) is 0 Å². The Hall–Kier alpha value is -1.25. The molecular weight excluding hydrogens is 168 g/mol. The van der Waals surface area contributed by atoms with Crippen molar-refractivity contribution in [2.24, 2.45) is 0 Å². The van der Waals surface area contributed by atoms with E-state index < -0.39 is 5.97 Å². The van der Waals surface area contributed by atoms with Gasteiger partial charge >= 0.3 is 5.97 Å². The second kappa shape index (κ2) is 3.24. The van der Waals surface area contributed by atoms with Crippen LogP contribution in [0.2, 0.25) is 0 Å². The third-order valence-electron chi connectivity index (χ3n) is 2.57. The van der Waals surface area contributed by atoms with Gasteiger partial charge in [-0.25, -0.2) is 0 Å². The normalized spacial score (nSPS) is 21.1. The molecule has 1 atom stereocenters. The first-order valence-electron chi connectivity index (χ1n) is 4.55. The Kier molecular flexibility index (Phi) is 2.08. The maximum absolute atomic E-state index is 10.6. The molecule has 0 bridgehead atoms. The number of carboxylic acids is 1. The van der Waals surface area contributed by atoms with Crippen LogP contribution in [-0.2, 0) is 11.2 Å². The minimum atomic E-state index is -0.741. The molecule has 1 heterocycles. The first-order chi connectivity index (χ1) is 6.27. The summed E-state index contributed by atoms with van der Waals surface area (Å²) < 4.78 is 5.31. The van der Waals surface area contributed by atoms with E-state index in [9.17, 15) is 4.79 Å². The number of aliphatic carboxylic acids is 1. The van der Waals surface area contributed by atoms with E-state index in [1.54, 1.807) is 6.26 Å². The van der Waals surface area contributed by atoms with Crippen LogP contribution in [0.25, 0.3) is 0 Å². The van der Waals surface area contributed by atoms with Crippen LogP contribution in [-0.4, -0.2) is 11.1 Å². The van der Waals surface area contributed by atoms with E-state index in [0.29, 0.717) is 0 Å². The highest BCUT2D eigenvalue weighted by Crippen LogP contribution is 2.34. The van der Waals surface area contributed by atoms with Crippen molar-refractivity contribution >= 4 is 5.97 Å². The van der Waals surface area contributed by atoms with E-state index in [1.807, 2.05) is 6.07 Å². The minimum Gasteiger partial charge on any atom is -0.481 e. The summed E-state index contributed by atoms with van der Waals surface area (Å²) in [6, 6.07) is 1.95. The second-order valence-corrected chi connectivity index (χ2v) is 3.50. The molecule has 1 unspecified atom stereocenters. The Morgan fingerprint density at radius 3 is 3.31 bits per heavy atom. The van der Waals surface area contributed by atoms with Gasteiger partial charge in [-0.3, -0.25) is 4.79 Å². The van der Waals surface area contributed by atoms with Gasteiger partial charge in [-0.05, 0) is 30.9 Å². The maximum atomic E-state index is 10.6. The van der Waals surface area contributed by atoms with E-state index in [4.69, 9.17) is 9.52 Å². The van der Waals surface area contributed by atoms with Crippen molar-refractivity contribution in [2.75, 3.05) is 0 Å². The van der Waals surface area contributed by atoms with E-state index >= 15 is 0 Å². The van der Waals surface area contributed by atoms with Crippen LogP contribution in [0.3, 0.4) is 0 Å². The van der Waals surface area contributed by atoms with E-state index in [2.05, 4.69) is 0 Å². The largest absolute Gasteiger partial charge is 0.481 e. The number of rotatable bonds is 2. The Morgan fingerprint density at radius 2 is 2.54 bits per heavy atom. The summed E-state index contributed by atoms with van der Waals surface area (Å²) in [6.07, 6.45) is 4.89. The Balaban J connectivity index is 2.20. The molecule has 1 aliphatic rings. The van der Waals surface area contributed by atoms with Crippen LogP contribution in [0.4, 0.5) is 0 Å². The molecule has 2 rings (SSSR count). The molecule has 1 aromatic rings. The molecule has 0 fully saturated rings. The van der Waals surface area contributed by atoms with Crippen molar-refractivity contribution in [3.63, 3.8) is 0 Å². The predicted molar refractivity (Wildman–Crippen MR) is 46.6 cm³/mol. The zero-order chi connectivity index (χ0) is 9.26. The molecule has 1 aliphatic carbocycles. The molecule has 70 valence electrons. The van der Waals surface area contributed by atoms with Crippen molar-refractivity contribution in [3.05, 3.63) is 23.7 Å². The summed E-state index contributed by atoms with van der Waals surface area (Å²) in [7, 11) is 0. The molecule has 0 saturated carbocycles. The lowest BCUT2D eigenvalue weighted by Gasteiger charge is -2.18. The van der Waals surface area contributed by atoms with Gasteiger partial charge in [-0.15, -0.1) is 0 Å². The standard InChI is InChI=1S/C10H12O3/c11-9(12)6-8-3-1-2-7-4-5-13-10(7)8/h4-5,8H,1-3,6H2,(H,11,12). The first kappa shape index (κ1) is 8.35. The van der Waals surface area contributed by atoms with E-state index in [-0.39, 0.29) is 12.3 Å². The number of fused-ring (bicyclic) bond motifs is 1. The van der Waals surface area contributed by atoms with E-state index in [0.717, 1.165) is 25.0 Å². The summed E-state index contributed by atoms with van der Waals surface area (Å²) in [4.78, 5) is 10.6. The van der Waals surface area contributed by atoms with E-state index in [1.165, 1.54) is 5.56 Å². The smallest absolute Gasteiger partial charge is 0.304 e. The number of hydrogen-bond acceptors (Lipinski definition) is 2. The third kappa shape index (κ3) is 1.59.